The first-order valence-corrected chi connectivity index (χ1v) is 9.56. The Morgan fingerprint density at radius 2 is 1.54 bits per heavy atom. The standard InChI is InChI=1S/C19H33N5/c1-4-6-8-9-11-13-19(3,12-10-7-5-2)24-15-23-16-17(20)21-14-22-18(16)24/h14-15H,4-13H2,1-3H3,(H2,20,21,22). The maximum Gasteiger partial charge on any atom is 0.165 e. The highest BCUT2D eigenvalue weighted by molar-refractivity contribution is 5.81. The third-order valence-electron chi connectivity index (χ3n) is 5.08. The van der Waals surface area contributed by atoms with Crippen LogP contribution < -0.4 is 5.73 Å². The van der Waals surface area contributed by atoms with Crippen LogP contribution in [0.1, 0.15) is 85.0 Å². The molecule has 2 rings (SSSR count). The Hall–Kier alpha value is -1.65. The largest absolute Gasteiger partial charge is 0.382 e. The monoisotopic (exact) mass is 331 g/mol. The van der Waals surface area contributed by atoms with Crippen LogP contribution in [-0.2, 0) is 5.54 Å². The summed E-state index contributed by atoms with van der Waals surface area (Å²) in [5, 5.41) is 0. The fourth-order valence-electron chi connectivity index (χ4n) is 3.48. The van der Waals surface area contributed by atoms with Crippen molar-refractivity contribution in [3.05, 3.63) is 12.7 Å². The predicted octanol–water partition coefficient (Wildman–Crippen LogP) is 5.06. The Kier molecular flexibility index (Phi) is 7.00. The smallest absolute Gasteiger partial charge is 0.165 e. The number of anilines is 1. The van der Waals surface area contributed by atoms with Crippen molar-refractivity contribution in [3.8, 4) is 0 Å². The minimum absolute atomic E-state index is 0.0525. The summed E-state index contributed by atoms with van der Waals surface area (Å²) in [7, 11) is 0. The van der Waals surface area contributed by atoms with Crippen molar-refractivity contribution in [1.29, 1.82) is 0 Å². The van der Waals surface area contributed by atoms with Gasteiger partial charge >= 0.3 is 0 Å². The Morgan fingerprint density at radius 1 is 0.917 bits per heavy atom. The molecule has 0 saturated carbocycles. The van der Waals surface area contributed by atoms with Gasteiger partial charge in [-0.1, -0.05) is 65.2 Å². The number of nitrogen functional groups attached to an aromatic ring is 1. The van der Waals surface area contributed by atoms with Crippen molar-refractivity contribution in [2.45, 2.75) is 90.5 Å². The van der Waals surface area contributed by atoms with Gasteiger partial charge in [0.25, 0.3) is 0 Å². The lowest BCUT2D eigenvalue weighted by Crippen LogP contribution is -2.30. The molecule has 1 unspecified atom stereocenters. The molecule has 0 saturated heterocycles. The Bertz CT molecular complexity index is 621. The Labute approximate surface area is 146 Å². The van der Waals surface area contributed by atoms with Crippen LogP contribution in [0.5, 0.6) is 0 Å². The molecule has 2 N–H and O–H groups in total. The number of unbranched alkanes of at least 4 members (excludes halogenated alkanes) is 6. The van der Waals surface area contributed by atoms with Crippen LogP contribution in [0.4, 0.5) is 5.82 Å². The molecule has 0 aliphatic heterocycles. The van der Waals surface area contributed by atoms with Gasteiger partial charge in [0.2, 0.25) is 0 Å². The minimum atomic E-state index is 0.0525. The number of fused-ring (bicyclic) bond motifs is 1. The summed E-state index contributed by atoms with van der Waals surface area (Å²) in [6, 6.07) is 0. The van der Waals surface area contributed by atoms with E-state index in [1.165, 1.54) is 51.4 Å². The van der Waals surface area contributed by atoms with Crippen molar-refractivity contribution >= 4 is 17.0 Å². The number of aromatic nitrogens is 4. The maximum atomic E-state index is 5.96. The van der Waals surface area contributed by atoms with Gasteiger partial charge in [-0.05, 0) is 19.8 Å². The van der Waals surface area contributed by atoms with Gasteiger partial charge in [-0.2, -0.15) is 0 Å². The molecule has 0 bridgehead atoms. The molecule has 1 atom stereocenters. The van der Waals surface area contributed by atoms with Gasteiger partial charge in [-0.25, -0.2) is 15.0 Å². The van der Waals surface area contributed by atoms with Crippen molar-refractivity contribution in [3.63, 3.8) is 0 Å². The van der Waals surface area contributed by atoms with E-state index in [0.29, 0.717) is 5.82 Å². The van der Waals surface area contributed by atoms with E-state index in [0.717, 1.165) is 24.0 Å². The van der Waals surface area contributed by atoms with Gasteiger partial charge in [0, 0.05) is 5.54 Å². The molecular weight excluding hydrogens is 298 g/mol. The second-order valence-corrected chi connectivity index (χ2v) is 7.16. The van der Waals surface area contributed by atoms with E-state index in [-0.39, 0.29) is 5.54 Å². The number of nitrogens with zero attached hydrogens (tertiary/aromatic N) is 4. The molecule has 5 nitrogen and oxygen atoms in total. The highest BCUT2D eigenvalue weighted by Crippen LogP contribution is 2.33. The first-order valence-electron chi connectivity index (χ1n) is 9.56. The molecule has 0 amide bonds. The molecular formula is C19H33N5. The number of rotatable bonds is 11. The van der Waals surface area contributed by atoms with Gasteiger partial charge in [-0.15, -0.1) is 0 Å². The van der Waals surface area contributed by atoms with E-state index in [1.54, 1.807) is 6.33 Å². The van der Waals surface area contributed by atoms with E-state index < -0.39 is 0 Å². The Balaban J connectivity index is 2.18. The van der Waals surface area contributed by atoms with Crippen LogP contribution >= 0.6 is 0 Å². The number of imidazole rings is 1. The highest BCUT2D eigenvalue weighted by atomic mass is 15.2. The van der Waals surface area contributed by atoms with Crippen LogP contribution in [0.3, 0.4) is 0 Å². The topological polar surface area (TPSA) is 69.6 Å². The second kappa shape index (κ2) is 9.00. The van der Waals surface area contributed by atoms with Gasteiger partial charge in [0.05, 0.1) is 6.33 Å². The summed E-state index contributed by atoms with van der Waals surface area (Å²) in [6.07, 6.45) is 16.0. The predicted molar refractivity (Wildman–Crippen MR) is 101 cm³/mol. The van der Waals surface area contributed by atoms with Gasteiger partial charge < -0.3 is 10.3 Å². The molecule has 0 fully saturated rings. The molecule has 0 spiro atoms. The normalized spacial score (nSPS) is 14.1. The Morgan fingerprint density at radius 3 is 2.25 bits per heavy atom. The molecule has 5 heteroatoms. The number of nitrogens with two attached hydrogens (primary N) is 1. The number of hydrogen-bond donors (Lipinski definition) is 1. The first-order chi connectivity index (χ1) is 11.6. The van der Waals surface area contributed by atoms with E-state index in [9.17, 15) is 0 Å². The summed E-state index contributed by atoms with van der Waals surface area (Å²) in [4.78, 5) is 13.0. The van der Waals surface area contributed by atoms with Gasteiger partial charge in [0.15, 0.2) is 11.5 Å². The van der Waals surface area contributed by atoms with Crippen LogP contribution in [0.25, 0.3) is 11.2 Å². The quantitative estimate of drug-likeness (QED) is 0.584. The average Bonchev–Trinajstić information content (AvgIpc) is 3.01. The van der Waals surface area contributed by atoms with Gasteiger partial charge in [-0.3, -0.25) is 0 Å². The van der Waals surface area contributed by atoms with E-state index in [2.05, 4.69) is 40.3 Å². The molecule has 134 valence electrons. The highest BCUT2D eigenvalue weighted by Gasteiger charge is 2.28. The van der Waals surface area contributed by atoms with Crippen molar-refractivity contribution in [2.75, 3.05) is 5.73 Å². The molecule has 2 heterocycles. The summed E-state index contributed by atoms with van der Waals surface area (Å²) in [6.45, 7) is 6.86. The molecule has 2 aromatic rings. The zero-order valence-corrected chi connectivity index (χ0v) is 15.6. The van der Waals surface area contributed by atoms with Crippen LogP contribution in [0.15, 0.2) is 12.7 Å². The second-order valence-electron chi connectivity index (χ2n) is 7.16. The fraction of sp³-hybridized carbons (Fsp3) is 0.737. The lowest BCUT2D eigenvalue weighted by atomic mass is 9.88. The molecule has 0 aliphatic carbocycles. The lowest BCUT2D eigenvalue weighted by molar-refractivity contribution is 0.257. The summed E-state index contributed by atoms with van der Waals surface area (Å²) in [5.74, 6) is 0.470. The maximum absolute atomic E-state index is 5.96. The molecule has 0 radical (unpaired) electrons. The van der Waals surface area contributed by atoms with Crippen LogP contribution in [-0.4, -0.2) is 19.5 Å². The third-order valence-corrected chi connectivity index (χ3v) is 5.08. The van der Waals surface area contributed by atoms with Crippen molar-refractivity contribution in [2.24, 2.45) is 0 Å². The molecule has 0 aliphatic rings. The zero-order valence-electron chi connectivity index (χ0n) is 15.6. The lowest BCUT2D eigenvalue weighted by Gasteiger charge is -2.32. The van der Waals surface area contributed by atoms with Crippen LogP contribution in [0.2, 0.25) is 0 Å². The fourth-order valence-corrected chi connectivity index (χ4v) is 3.48. The average molecular weight is 332 g/mol. The van der Waals surface area contributed by atoms with Crippen molar-refractivity contribution in [1.82, 2.24) is 19.5 Å². The zero-order chi connectivity index (χ0) is 17.4. The van der Waals surface area contributed by atoms with Crippen LogP contribution in [0, 0.1) is 0 Å². The van der Waals surface area contributed by atoms with Crippen molar-refractivity contribution < 1.29 is 0 Å². The summed E-state index contributed by atoms with van der Waals surface area (Å²) >= 11 is 0. The summed E-state index contributed by atoms with van der Waals surface area (Å²) < 4.78 is 2.25. The summed E-state index contributed by atoms with van der Waals surface area (Å²) in [5.41, 5.74) is 7.61. The minimum Gasteiger partial charge on any atom is -0.382 e. The van der Waals surface area contributed by atoms with E-state index in [1.807, 2.05) is 6.33 Å². The molecule has 2 aromatic heterocycles. The first kappa shape index (κ1) is 18.7. The SMILES string of the molecule is CCCCCCCC(C)(CCCCC)n1cnc2c(N)ncnc21. The van der Waals surface area contributed by atoms with E-state index in [4.69, 9.17) is 5.73 Å². The molecule has 0 aromatic carbocycles. The van der Waals surface area contributed by atoms with Gasteiger partial charge in [0.1, 0.15) is 11.8 Å². The van der Waals surface area contributed by atoms with E-state index >= 15 is 0 Å². The molecule has 24 heavy (non-hydrogen) atoms. The third kappa shape index (κ3) is 4.46. The number of hydrogen-bond acceptors (Lipinski definition) is 4.